The first-order valence-corrected chi connectivity index (χ1v) is 8.42. The van der Waals surface area contributed by atoms with Crippen molar-refractivity contribution in [2.45, 2.75) is 19.6 Å². The monoisotopic (exact) mass is 350 g/mol. The fourth-order valence-corrected chi connectivity index (χ4v) is 4.24. The van der Waals surface area contributed by atoms with E-state index in [0.717, 1.165) is 41.4 Å². The Morgan fingerprint density at radius 2 is 2.22 bits per heavy atom. The van der Waals surface area contributed by atoms with Gasteiger partial charge < -0.3 is 15.0 Å². The van der Waals surface area contributed by atoms with Gasteiger partial charge in [0.2, 0.25) is 0 Å². The van der Waals surface area contributed by atoms with Crippen LogP contribution in [0, 0.1) is 0 Å². The number of para-hydroxylation sites is 1. The van der Waals surface area contributed by atoms with Crippen LogP contribution in [0.3, 0.4) is 0 Å². The zero-order chi connectivity index (χ0) is 15.1. The second-order valence-corrected chi connectivity index (χ2v) is 6.85. The van der Waals surface area contributed by atoms with Crippen molar-refractivity contribution in [2.75, 3.05) is 19.6 Å². The summed E-state index contributed by atoms with van der Waals surface area (Å²) in [4.78, 5) is 16.8. The summed E-state index contributed by atoms with van der Waals surface area (Å²) in [5, 5.41) is 3.32. The third-order valence-corrected chi connectivity index (χ3v) is 5.50. The number of thiophene rings is 1. The molecule has 3 heterocycles. The predicted molar refractivity (Wildman–Crippen MR) is 94.7 cm³/mol. The minimum atomic E-state index is 0. The van der Waals surface area contributed by atoms with E-state index in [1.807, 2.05) is 29.2 Å². The van der Waals surface area contributed by atoms with Gasteiger partial charge in [0.25, 0.3) is 5.91 Å². The lowest BCUT2D eigenvalue weighted by Crippen LogP contribution is -2.52. The molecule has 1 aromatic carbocycles. The zero-order valence-electron chi connectivity index (χ0n) is 12.9. The van der Waals surface area contributed by atoms with E-state index in [-0.39, 0.29) is 24.4 Å². The fraction of sp³-hybridized carbons (Fsp3) is 0.353. The second-order valence-electron chi connectivity index (χ2n) is 5.80. The molecule has 1 aromatic heterocycles. The van der Waals surface area contributed by atoms with Gasteiger partial charge in [-0.15, -0.1) is 23.7 Å². The zero-order valence-corrected chi connectivity index (χ0v) is 14.5. The Labute approximate surface area is 145 Å². The first-order valence-electron chi connectivity index (χ1n) is 7.60. The summed E-state index contributed by atoms with van der Waals surface area (Å²) < 4.78 is 5.78. The Morgan fingerprint density at radius 1 is 1.39 bits per heavy atom. The molecule has 0 aliphatic carbocycles. The van der Waals surface area contributed by atoms with E-state index in [4.69, 9.17) is 4.74 Å². The molecule has 1 N–H and O–H groups in total. The molecule has 2 aliphatic rings. The highest BCUT2D eigenvalue weighted by atomic mass is 35.5. The number of piperazine rings is 1. The van der Waals surface area contributed by atoms with Crippen molar-refractivity contribution in [3.63, 3.8) is 0 Å². The number of halogens is 1. The minimum absolute atomic E-state index is 0. The van der Waals surface area contributed by atoms with Crippen LogP contribution in [-0.2, 0) is 6.61 Å². The standard InChI is InChI=1S/C17H18N2O2S.ClH/c1-11-9-18-6-7-19(11)17(20)15-8-12-10-21-14-5-3-2-4-13(14)16(12)22-15;/h2-5,8,11,18H,6-7,9-10H2,1H3;1H/t11-;/m1./s1. The van der Waals surface area contributed by atoms with Gasteiger partial charge in [0.15, 0.2) is 0 Å². The number of nitrogens with zero attached hydrogens (tertiary/aromatic N) is 1. The molecule has 0 bridgehead atoms. The molecule has 0 unspecified atom stereocenters. The van der Waals surface area contributed by atoms with Gasteiger partial charge in [-0.25, -0.2) is 0 Å². The summed E-state index contributed by atoms with van der Waals surface area (Å²) in [6.45, 7) is 5.15. The second kappa shape index (κ2) is 6.51. The van der Waals surface area contributed by atoms with Crippen LogP contribution in [0.2, 0.25) is 0 Å². The Balaban J connectivity index is 0.00000156. The number of hydrogen-bond donors (Lipinski definition) is 1. The lowest BCUT2D eigenvalue weighted by atomic mass is 10.1. The molecule has 2 aliphatic heterocycles. The minimum Gasteiger partial charge on any atom is -0.488 e. The van der Waals surface area contributed by atoms with E-state index >= 15 is 0 Å². The highest BCUT2D eigenvalue weighted by Crippen LogP contribution is 2.42. The van der Waals surface area contributed by atoms with E-state index in [1.54, 1.807) is 11.3 Å². The lowest BCUT2D eigenvalue weighted by molar-refractivity contribution is 0.0660. The highest BCUT2D eigenvalue weighted by molar-refractivity contribution is 7.17. The lowest BCUT2D eigenvalue weighted by Gasteiger charge is -2.33. The van der Waals surface area contributed by atoms with Crippen LogP contribution in [0.25, 0.3) is 10.4 Å². The van der Waals surface area contributed by atoms with Crippen LogP contribution < -0.4 is 10.1 Å². The summed E-state index contributed by atoms with van der Waals surface area (Å²) in [6, 6.07) is 10.3. The van der Waals surface area contributed by atoms with E-state index in [1.165, 1.54) is 4.88 Å². The number of fused-ring (bicyclic) bond motifs is 3. The number of amides is 1. The molecule has 0 radical (unpaired) electrons. The van der Waals surface area contributed by atoms with Crippen molar-refractivity contribution in [2.24, 2.45) is 0 Å². The van der Waals surface area contributed by atoms with Crippen LogP contribution >= 0.6 is 23.7 Å². The molecule has 1 atom stereocenters. The number of ether oxygens (including phenoxy) is 1. The van der Waals surface area contributed by atoms with Gasteiger partial charge in [-0.3, -0.25) is 4.79 Å². The number of benzene rings is 1. The van der Waals surface area contributed by atoms with Gasteiger partial charge in [0.1, 0.15) is 12.4 Å². The van der Waals surface area contributed by atoms with E-state index in [0.29, 0.717) is 6.61 Å². The molecule has 122 valence electrons. The normalized spacial score (nSPS) is 19.2. The Morgan fingerprint density at radius 3 is 3.04 bits per heavy atom. The van der Waals surface area contributed by atoms with E-state index in [2.05, 4.69) is 18.3 Å². The third-order valence-electron chi connectivity index (χ3n) is 4.30. The van der Waals surface area contributed by atoms with Crippen molar-refractivity contribution in [3.05, 3.63) is 40.8 Å². The summed E-state index contributed by atoms with van der Waals surface area (Å²) in [7, 11) is 0. The molecular formula is C17H19ClN2O2S. The van der Waals surface area contributed by atoms with Crippen molar-refractivity contribution in [3.8, 4) is 16.2 Å². The van der Waals surface area contributed by atoms with E-state index in [9.17, 15) is 4.79 Å². The van der Waals surface area contributed by atoms with Crippen LogP contribution in [0.4, 0.5) is 0 Å². The number of rotatable bonds is 1. The Bertz CT molecular complexity index is 731. The molecule has 0 spiro atoms. The number of hydrogen-bond acceptors (Lipinski definition) is 4. The van der Waals surface area contributed by atoms with Gasteiger partial charge >= 0.3 is 0 Å². The molecule has 1 saturated heterocycles. The SMILES string of the molecule is C[C@@H]1CNCCN1C(=O)c1cc2c(s1)-c1ccccc1OC2.Cl. The van der Waals surface area contributed by atoms with Crippen LogP contribution in [-0.4, -0.2) is 36.5 Å². The highest BCUT2D eigenvalue weighted by Gasteiger charge is 2.28. The molecule has 2 aromatic rings. The van der Waals surface area contributed by atoms with Gasteiger partial charge in [0, 0.05) is 41.7 Å². The first-order chi connectivity index (χ1) is 10.7. The summed E-state index contributed by atoms with van der Waals surface area (Å²) >= 11 is 1.59. The Kier molecular flexibility index (Phi) is 4.62. The van der Waals surface area contributed by atoms with Crippen LogP contribution in [0.15, 0.2) is 30.3 Å². The number of carbonyl (C=O) groups is 1. The molecule has 4 rings (SSSR count). The maximum atomic E-state index is 12.8. The summed E-state index contributed by atoms with van der Waals surface area (Å²) in [6.07, 6.45) is 0. The molecule has 0 saturated carbocycles. The average Bonchev–Trinajstić information content (AvgIpc) is 2.99. The van der Waals surface area contributed by atoms with Crippen molar-refractivity contribution < 1.29 is 9.53 Å². The smallest absolute Gasteiger partial charge is 0.264 e. The summed E-state index contributed by atoms with van der Waals surface area (Å²) in [5.74, 6) is 1.05. The van der Waals surface area contributed by atoms with Crippen LogP contribution in [0.1, 0.15) is 22.2 Å². The molecular weight excluding hydrogens is 332 g/mol. The largest absolute Gasteiger partial charge is 0.488 e. The average molecular weight is 351 g/mol. The predicted octanol–water partition coefficient (Wildman–Crippen LogP) is 3.16. The maximum Gasteiger partial charge on any atom is 0.264 e. The molecule has 1 amide bonds. The van der Waals surface area contributed by atoms with Crippen molar-refractivity contribution in [1.82, 2.24) is 10.2 Å². The molecule has 1 fully saturated rings. The van der Waals surface area contributed by atoms with Gasteiger partial charge in [-0.05, 0) is 25.1 Å². The van der Waals surface area contributed by atoms with Gasteiger partial charge in [-0.2, -0.15) is 0 Å². The van der Waals surface area contributed by atoms with E-state index < -0.39 is 0 Å². The van der Waals surface area contributed by atoms with Gasteiger partial charge in [0.05, 0.1) is 4.88 Å². The van der Waals surface area contributed by atoms with Crippen molar-refractivity contribution >= 4 is 29.7 Å². The molecule has 6 heteroatoms. The molecule has 23 heavy (non-hydrogen) atoms. The van der Waals surface area contributed by atoms with Crippen molar-refractivity contribution in [1.29, 1.82) is 0 Å². The first kappa shape index (κ1) is 16.3. The quantitative estimate of drug-likeness (QED) is 0.859. The fourth-order valence-electron chi connectivity index (χ4n) is 3.09. The molecule has 4 nitrogen and oxygen atoms in total. The van der Waals surface area contributed by atoms with Crippen LogP contribution in [0.5, 0.6) is 5.75 Å². The number of carbonyl (C=O) groups excluding carboxylic acids is 1. The topological polar surface area (TPSA) is 41.6 Å². The Hall–Kier alpha value is -1.56. The number of nitrogens with one attached hydrogen (secondary N) is 1. The maximum absolute atomic E-state index is 12.8. The third kappa shape index (κ3) is 2.84. The summed E-state index contributed by atoms with van der Waals surface area (Å²) in [5.41, 5.74) is 2.22. The van der Waals surface area contributed by atoms with Gasteiger partial charge in [-0.1, -0.05) is 12.1 Å².